The van der Waals surface area contributed by atoms with E-state index in [2.05, 4.69) is 11.4 Å². The average Bonchev–Trinajstić information content (AvgIpc) is 2.77. The monoisotopic (exact) mass is 423 g/mol. The van der Waals surface area contributed by atoms with Crippen LogP contribution in [0.3, 0.4) is 0 Å². The highest BCUT2D eigenvalue weighted by atomic mass is 16.5. The van der Waals surface area contributed by atoms with E-state index in [1.165, 1.54) is 0 Å². The summed E-state index contributed by atoms with van der Waals surface area (Å²) in [5.41, 5.74) is 9.35. The second kappa shape index (κ2) is 12.0. The Bertz CT molecular complexity index is 913. The molecule has 0 aliphatic carbocycles. The van der Waals surface area contributed by atoms with E-state index in [4.69, 9.17) is 15.2 Å². The lowest BCUT2D eigenvalue weighted by atomic mass is 10.0. The predicted molar refractivity (Wildman–Crippen MR) is 121 cm³/mol. The third kappa shape index (κ3) is 6.75. The molecule has 3 N–H and O–H groups in total. The minimum atomic E-state index is -0.257. The quantitative estimate of drug-likeness (QED) is 0.572. The lowest BCUT2D eigenvalue weighted by Gasteiger charge is -2.27. The minimum absolute atomic E-state index is 0.0473. The van der Waals surface area contributed by atoms with Gasteiger partial charge in [0.05, 0.1) is 32.1 Å². The van der Waals surface area contributed by atoms with E-state index in [0.29, 0.717) is 32.9 Å². The molecule has 0 atom stereocenters. The summed E-state index contributed by atoms with van der Waals surface area (Å²) in [6.07, 6.45) is 4.31. The van der Waals surface area contributed by atoms with Gasteiger partial charge in [-0.05, 0) is 22.8 Å². The molecular weight excluding hydrogens is 394 g/mol. The zero-order valence-electron chi connectivity index (χ0n) is 17.6. The molecule has 1 heterocycles. The Balaban J connectivity index is 1.55. The first kappa shape index (κ1) is 22.7. The molecule has 164 valence electrons. The molecule has 2 aromatic carbocycles. The summed E-state index contributed by atoms with van der Waals surface area (Å²) in [7, 11) is 0. The lowest BCUT2D eigenvalue weighted by molar-refractivity contribution is -0.126. The Kier molecular flexibility index (Phi) is 8.78. The van der Waals surface area contributed by atoms with Crippen LogP contribution in [-0.2, 0) is 25.6 Å². The van der Waals surface area contributed by atoms with E-state index in [0.717, 1.165) is 22.4 Å². The van der Waals surface area contributed by atoms with Gasteiger partial charge in [-0.3, -0.25) is 9.59 Å². The molecule has 0 radical (unpaired) electrons. The smallest absolute Gasteiger partial charge is 0.246 e. The SMILES string of the molecule is NCCOCCOCC(=O)NCCC(=O)N1Cc2ccccc2/C=C\c2ccccc21. The molecule has 0 bridgehead atoms. The topological polar surface area (TPSA) is 93.9 Å². The van der Waals surface area contributed by atoms with Crippen LogP contribution in [0.4, 0.5) is 5.69 Å². The van der Waals surface area contributed by atoms with Crippen LogP contribution in [0.25, 0.3) is 12.2 Å². The van der Waals surface area contributed by atoms with Gasteiger partial charge in [0.15, 0.2) is 0 Å². The summed E-state index contributed by atoms with van der Waals surface area (Å²) in [4.78, 5) is 26.8. The lowest BCUT2D eigenvalue weighted by Crippen LogP contribution is -2.36. The van der Waals surface area contributed by atoms with Crippen molar-refractivity contribution >= 4 is 29.7 Å². The van der Waals surface area contributed by atoms with Gasteiger partial charge in [0.1, 0.15) is 6.61 Å². The Hall–Kier alpha value is -3.00. The van der Waals surface area contributed by atoms with Crippen molar-refractivity contribution in [1.82, 2.24) is 5.32 Å². The van der Waals surface area contributed by atoms with Crippen molar-refractivity contribution < 1.29 is 19.1 Å². The normalized spacial score (nSPS) is 13.5. The number of nitrogens with two attached hydrogens (primary N) is 1. The van der Waals surface area contributed by atoms with Crippen LogP contribution in [0.1, 0.15) is 23.1 Å². The number of nitrogens with one attached hydrogen (secondary N) is 1. The number of ether oxygens (including phenoxy) is 2. The number of rotatable bonds is 10. The van der Waals surface area contributed by atoms with Gasteiger partial charge >= 0.3 is 0 Å². The van der Waals surface area contributed by atoms with Crippen molar-refractivity contribution in [3.63, 3.8) is 0 Å². The van der Waals surface area contributed by atoms with Gasteiger partial charge in [0.2, 0.25) is 11.8 Å². The number of anilines is 1. The van der Waals surface area contributed by atoms with Crippen LogP contribution in [0.2, 0.25) is 0 Å². The summed E-state index contributed by atoms with van der Waals surface area (Å²) in [6, 6.07) is 15.9. The number of nitrogens with zero attached hydrogens (tertiary/aromatic N) is 1. The van der Waals surface area contributed by atoms with Crippen molar-refractivity contribution in [1.29, 1.82) is 0 Å². The van der Waals surface area contributed by atoms with Gasteiger partial charge in [-0.15, -0.1) is 0 Å². The number of para-hydroxylation sites is 1. The first-order valence-electron chi connectivity index (χ1n) is 10.5. The molecule has 31 heavy (non-hydrogen) atoms. The van der Waals surface area contributed by atoms with Gasteiger partial charge in [-0.1, -0.05) is 54.6 Å². The standard InChI is InChI=1S/C24H29N3O4/c25-12-14-30-15-16-31-18-23(28)26-13-11-24(29)27-17-21-7-2-1-5-19(21)9-10-20-6-3-4-8-22(20)27/h1-10H,11-18,25H2,(H,26,28)/b10-9-. The number of carbonyl (C=O) groups is 2. The van der Waals surface area contributed by atoms with Crippen LogP contribution < -0.4 is 16.0 Å². The van der Waals surface area contributed by atoms with Gasteiger partial charge in [-0.2, -0.15) is 0 Å². The zero-order chi connectivity index (χ0) is 21.9. The number of amides is 2. The highest BCUT2D eigenvalue weighted by Crippen LogP contribution is 2.29. The van der Waals surface area contributed by atoms with Crippen LogP contribution in [0, 0.1) is 0 Å². The zero-order valence-corrected chi connectivity index (χ0v) is 17.6. The Morgan fingerprint density at radius 3 is 2.48 bits per heavy atom. The molecule has 2 amide bonds. The average molecular weight is 424 g/mol. The van der Waals surface area contributed by atoms with Crippen molar-refractivity contribution in [3.05, 3.63) is 65.2 Å². The third-order valence-electron chi connectivity index (χ3n) is 4.88. The van der Waals surface area contributed by atoms with Crippen molar-refractivity contribution in [2.24, 2.45) is 5.73 Å². The van der Waals surface area contributed by atoms with Crippen LogP contribution in [0.15, 0.2) is 48.5 Å². The maximum Gasteiger partial charge on any atom is 0.246 e. The van der Waals surface area contributed by atoms with Crippen molar-refractivity contribution in [2.75, 3.05) is 44.4 Å². The maximum absolute atomic E-state index is 13.1. The molecule has 0 fully saturated rings. The van der Waals surface area contributed by atoms with Gasteiger partial charge < -0.3 is 25.4 Å². The molecule has 7 heteroatoms. The molecule has 3 rings (SSSR count). The fourth-order valence-electron chi connectivity index (χ4n) is 3.34. The Labute approximate surface area is 182 Å². The fraction of sp³-hybridized carbons (Fsp3) is 0.333. The minimum Gasteiger partial charge on any atom is -0.378 e. The molecule has 1 aliphatic heterocycles. The first-order valence-corrected chi connectivity index (χ1v) is 10.5. The summed E-state index contributed by atoms with van der Waals surface area (Å²) < 4.78 is 10.4. The molecule has 0 saturated carbocycles. The molecule has 0 unspecified atom stereocenters. The number of benzene rings is 2. The highest BCUT2D eigenvalue weighted by Gasteiger charge is 2.20. The van der Waals surface area contributed by atoms with E-state index in [9.17, 15) is 9.59 Å². The fourth-order valence-corrected chi connectivity index (χ4v) is 3.34. The van der Waals surface area contributed by atoms with Gasteiger partial charge in [0, 0.05) is 19.5 Å². The predicted octanol–water partition coefficient (Wildman–Crippen LogP) is 2.20. The van der Waals surface area contributed by atoms with Crippen LogP contribution in [-0.4, -0.2) is 51.3 Å². The van der Waals surface area contributed by atoms with Crippen molar-refractivity contribution in [2.45, 2.75) is 13.0 Å². The molecule has 1 aliphatic rings. The van der Waals surface area contributed by atoms with Crippen molar-refractivity contribution in [3.8, 4) is 0 Å². The van der Waals surface area contributed by atoms with E-state index >= 15 is 0 Å². The van der Waals surface area contributed by atoms with Gasteiger partial charge in [0.25, 0.3) is 0 Å². The second-order valence-electron chi connectivity index (χ2n) is 7.12. The summed E-state index contributed by atoms with van der Waals surface area (Å²) in [6.45, 7) is 2.31. The van der Waals surface area contributed by atoms with E-state index in [1.54, 1.807) is 4.90 Å². The number of fused-ring (bicyclic) bond motifs is 2. The largest absolute Gasteiger partial charge is 0.378 e. The number of carbonyl (C=O) groups excluding carboxylic acids is 2. The molecule has 0 spiro atoms. The molecular formula is C24H29N3O4. The van der Waals surface area contributed by atoms with Gasteiger partial charge in [-0.25, -0.2) is 0 Å². The maximum atomic E-state index is 13.1. The number of hydrogen-bond donors (Lipinski definition) is 2. The Morgan fingerprint density at radius 1 is 0.935 bits per heavy atom. The van der Waals surface area contributed by atoms with E-state index < -0.39 is 0 Å². The highest BCUT2D eigenvalue weighted by molar-refractivity contribution is 5.97. The molecule has 0 aromatic heterocycles. The second-order valence-corrected chi connectivity index (χ2v) is 7.12. The van der Waals surface area contributed by atoms with Crippen LogP contribution in [0.5, 0.6) is 0 Å². The van der Waals surface area contributed by atoms with E-state index in [1.807, 2.05) is 54.6 Å². The first-order chi connectivity index (χ1) is 15.2. The third-order valence-corrected chi connectivity index (χ3v) is 4.88. The molecule has 7 nitrogen and oxygen atoms in total. The summed E-state index contributed by atoms with van der Waals surface area (Å²) in [5, 5.41) is 2.74. The Morgan fingerprint density at radius 2 is 1.65 bits per heavy atom. The van der Waals surface area contributed by atoms with Crippen LogP contribution >= 0.6 is 0 Å². The molecule has 2 aromatic rings. The van der Waals surface area contributed by atoms with E-state index in [-0.39, 0.29) is 31.4 Å². The summed E-state index contributed by atoms with van der Waals surface area (Å²) in [5.74, 6) is -0.304. The summed E-state index contributed by atoms with van der Waals surface area (Å²) >= 11 is 0. The number of hydrogen-bond acceptors (Lipinski definition) is 5. The molecule has 0 saturated heterocycles.